The van der Waals surface area contributed by atoms with Gasteiger partial charge < -0.3 is 10.1 Å². The molecule has 0 spiro atoms. The van der Waals surface area contributed by atoms with E-state index in [0.29, 0.717) is 12.3 Å². The van der Waals surface area contributed by atoms with E-state index in [0.717, 1.165) is 10.0 Å². The molecule has 0 radical (unpaired) electrons. The minimum absolute atomic E-state index is 0.230. The summed E-state index contributed by atoms with van der Waals surface area (Å²) in [4.78, 5) is 0. The first kappa shape index (κ1) is 13.1. The molecular weight excluding hydrogens is 297 g/mol. The summed E-state index contributed by atoms with van der Waals surface area (Å²) in [6.07, 6.45) is 0. The smallest absolute Gasteiger partial charge is 0.166 e. The van der Waals surface area contributed by atoms with Crippen LogP contribution in [0.4, 0.5) is 4.39 Å². The van der Waals surface area contributed by atoms with Gasteiger partial charge in [-0.05, 0) is 42.9 Å². The number of hydrogen-bond acceptors (Lipinski definition) is 2. The predicted molar refractivity (Wildman–Crippen MR) is 73.4 cm³/mol. The zero-order chi connectivity index (χ0) is 13.0. The molecule has 4 heteroatoms. The zero-order valence-corrected chi connectivity index (χ0v) is 11.5. The van der Waals surface area contributed by atoms with Crippen molar-refractivity contribution in [3.8, 4) is 11.5 Å². The Morgan fingerprint density at radius 2 is 2.06 bits per heavy atom. The zero-order valence-electron chi connectivity index (χ0n) is 9.91. The molecule has 0 atom stereocenters. The van der Waals surface area contributed by atoms with Crippen LogP contribution < -0.4 is 10.1 Å². The van der Waals surface area contributed by atoms with E-state index < -0.39 is 0 Å². The predicted octanol–water partition coefficient (Wildman–Crippen LogP) is 4.10. The maximum absolute atomic E-state index is 13.8. The molecule has 1 N–H and O–H groups in total. The summed E-state index contributed by atoms with van der Waals surface area (Å²) in [5.74, 6) is 0.473. The van der Waals surface area contributed by atoms with Crippen molar-refractivity contribution in [1.29, 1.82) is 0 Å². The summed E-state index contributed by atoms with van der Waals surface area (Å²) in [6, 6.07) is 12.3. The minimum Gasteiger partial charge on any atom is -0.454 e. The summed E-state index contributed by atoms with van der Waals surface area (Å²) < 4.78 is 20.2. The van der Waals surface area contributed by atoms with Crippen molar-refractivity contribution in [2.24, 2.45) is 0 Å². The molecule has 0 heterocycles. The van der Waals surface area contributed by atoms with E-state index in [2.05, 4.69) is 21.2 Å². The second-order valence-electron chi connectivity index (χ2n) is 3.85. The SMILES string of the molecule is CNCc1ccc(Oc2cccc(Br)c2)c(F)c1. The van der Waals surface area contributed by atoms with Crippen LogP contribution in [-0.4, -0.2) is 7.05 Å². The molecule has 0 aliphatic carbocycles. The molecular formula is C14H13BrFNO. The van der Waals surface area contributed by atoms with E-state index in [9.17, 15) is 4.39 Å². The first-order chi connectivity index (χ1) is 8.69. The summed E-state index contributed by atoms with van der Waals surface area (Å²) in [5, 5.41) is 2.97. The van der Waals surface area contributed by atoms with Crippen LogP contribution in [0.3, 0.4) is 0 Å². The number of nitrogens with one attached hydrogen (secondary N) is 1. The maximum Gasteiger partial charge on any atom is 0.166 e. The third-order valence-electron chi connectivity index (χ3n) is 2.40. The van der Waals surface area contributed by atoms with Crippen LogP contribution in [-0.2, 0) is 6.54 Å². The van der Waals surface area contributed by atoms with Gasteiger partial charge in [0.15, 0.2) is 11.6 Å². The van der Waals surface area contributed by atoms with Crippen LogP contribution in [0.25, 0.3) is 0 Å². The molecule has 2 aromatic rings. The summed E-state index contributed by atoms with van der Waals surface area (Å²) in [6.45, 7) is 0.633. The van der Waals surface area contributed by atoms with Gasteiger partial charge in [-0.1, -0.05) is 28.1 Å². The fourth-order valence-corrected chi connectivity index (χ4v) is 1.98. The van der Waals surface area contributed by atoms with E-state index in [1.165, 1.54) is 6.07 Å². The summed E-state index contributed by atoms with van der Waals surface area (Å²) in [5.41, 5.74) is 0.886. The molecule has 18 heavy (non-hydrogen) atoms. The Kier molecular flexibility index (Phi) is 4.33. The lowest BCUT2D eigenvalue weighted by Crippen LogP contribution is -2.05. The Balaban J connectivity index is 2.19. The number of benzene rings is 2. The van der Waals surface area contributed by atoms with Crippen molar-refractivity contribution in [2.45, 2.75) is 6.54 Å². The highest BCUT2D eigenvalue weighted by Gasteiger charge is 2.06. The fourth-order valence-electron chi connectivity index (χ4n) is 1.60. The minimum atomic E-state index is -0.359. The third-order valence-corrected chi connectivity index (χ3v) is 2.89. The molecule has 2 nitrogen and oxygen atoms in total. The standard InChI is InChI=1S/C14H13BrFNO/c1-17-9-10-5-6-14(13(16)7-10)18-12-4-2-3-11(15)8-12/h2-8,17H,9H2,1H3. The highest BCUT2D eigenvalue weighted by Crippen LogP contribution is 2.27. The largest absolute Gasteiger partial charge is 0.454 e. The molecule has 0 aliphatic heterocycles. The van der Waals surface area contributed by atoms with Crippen molar-refractivity contribution in [1.82, 2.24) is 5.32 Å². The lowest BCUT2D eigenvalue weighted by molar-refractivity contribution is 0.441. The summed E-state index contributed by atoms with van der Waals surface area (Å²) >= 11 is 3.34. The Hall–Kier alpha value is -1.39. The van der Waals surface area contributed by atoms with Gasteiger partial charge in [-0.25, -0.2) is 4.39 Å². The second-order valence-corrected chi connectivity index (χ2v) is 4.77. The lowest BCUT2D eigenvalue weighted by atomic mass is 10.2. The van der Waals surface area contributed by atoms with Crippen molar-refractivity contribution >= 4 is 15.9 Å². The van der Waals surface area contributed by atoms with Gasteiger partial charge in [0.2, 0.25) is 0 Å². The van der Waals surface area contributed by atoms with Gasteiger partial charge in [0.25, 0.3) is 0 Å². The number of ether oxygens (including phenoxy) is 1. The van der Waals surface area contributed by atoms with E-state index in [1.807, 2.05) is 25.2 Å². The van der Waals surface area contributed by atoms with Crippen molar-refractivity contribution in [3.05, 3.63) is 58.3 Å². The van der Waals surface area contributed by atoms with Gasteiger partial charge in [-0.2, -0.15) is 0 Å². The van der Waals surface area contributed by atoms with Gasteiger partial charge >= 0.3 is 0 Å². The van der Waals surface area contributed by atoms with Crippen LogP contribution >= 0.6 is 15.9 Å². The van der Waals surface area contributed by atoms with Crippen LogP contribution in [0.1, 0.15) is 5.56 Å². The Bertz CT molecular complexity index is 545. The lowest BCUT2D eigenvalue weighted by Gasteiger charge is -2.08. The highest BCUT2D eigenvalue weighted by atomic mass is 79.9. The molecule has 0 saturated carbocycles. The Labute approximate surface area is 114 Å². The molecule has 0 fully saturated rings. The summed E-state index contributed by atoms with van der Waals surface area (Å²) in [7, 11) is 1.82. The van der Waals surface area contributed by atoms with Gasteiger partial charge in [0.1, 0.15) is 5.75 Å². The highest BCUT2D eigenvalue weighted by molar-refractivity contribution is 9.10. The molecule has 2 rings (SSSR count). The quantitative estimate of drug-likeness (QED) is 0.918. The van der Waals surface area contributed by atoms with Crippen molar-refractivity contribution < 1.29 is 9.13 Å². The van der Waals surface area contributed by atoms with Gasteiger partial charge in [-0.3, -0.25) is 0 Å². The molecule has 0 aliphatic rings. The average Bonchev–Trinajstić information content (AvgIpc) is 2.33. The van der Waals surface area contributed by atoms with Crippen LogP contribution in [0.15, 0.2) is 46.9 Å². The fraction of sp³-hybridized carbons (Fsp3) is 0.143. The molecule has 2 aromatic carbocycles. The molecule has 94 valence electrons. The Morgan fingerprint density at radius 3 is 2.72 bits per heavy atom. The molecule has 0 bridgehead atoms. The number of hydrogen-bond donors (Lipinski definition) is 1. The van der Waals surface area contributed by atoms with E-state index in [4.69, 9.17) is 4.74 Å². The molecule has 0 saturated heterocycles. The van der Waals surface area contributed by atoms with Crippen LogP contribution in [0, 0.1) is 5.82 Å². The average molecular weight is 310 g/mol. The van der Waals surface area contributed by atoms with Crippen LogP contribution in [0.5, 0.6) is 11.5 Å². The second kappa shape index (κ2) is 5.98. The monoisotopic (exact) mass is 309 g/mol. The van der Waals surface area contributed by atoms with Gasteiger partial charge in [0.05, 0.1) is 0 Å². The molecule has 0 unspecified atom stereocenters. The third kappa shape index (κ3) is 3.31. The molecule has 0 amide bonds. The van der Waals surface area contributed by atoms with Crippen molar-refractivity contribution in [3.63, 3.8) is 0 Å². The first-order valence-corrected chi connectivity index (χ1v) is 6.35. The maximum atomic E-state index is 13.8. The molecule has 0 aromatic heterocycles. The number of rotatable bonds is 4. The normalized spacial score (nSPS) is 10.4. The van der Waals surface area contributed by atoms with Gasteiger partial charge in [0, 0.05) is 11.0 Å². The van der Waals surface area contributed by atoms with Crippen LogP contribution in [0.2, 0.25) is 0 Å². The Morgan fingerprint density at radius 1 is 1.22 bits per heavy atom. The first-order valence-electron chi connectivity index (χ1n) is 5.55. The van der Waals surface area contributed by atoms with Crippen molar-refractivity contribution in [2.75, 3.05) is 7.05 Å². The van der Waals surface area contributed by atoms with E-state index >= 15 is 0 Å². The topological polar surface area (TPSA) is 21.3 Å². The van der Waals surface area contributed by atoms with Gasteiger partial charge in [-0.15, -0.1) is 0 Å². The number of halogens is 2. The van der Waals surface area contributed by atoms with E-state index in [1.54, 1.807) is 18.2 Å². The van der Waals surface area contributed by atoms with E-state index in [-0.39, 0.29) is 11.6 Å².